The highest BCUT2D eigenvalue weighted by atomic mass is 16.2. The van der Waals surface area contributed by atoms with Crippen LogP contribution >= 0.6 is 0 Å². The van der Waals surface area contributed by atoms with E-state index in [-0.39, 0.29) is 33.9 Å². The van der Waals surface area contributed by atoms with E-state index in [9.17, 15) is 9.59 Å². The monoisotopic (exact) mass is 396 g/mol. The van der Waals surface area contributed by atoms with E-state index in [1.807, 2.05) is 0 Å². The number of amides is 1. The molecule has 2 aromatic heterocycles. The Morgan fingerprint density at radius 2 is 1.72 bits per heavy atom. The summed E-state index contributed by atoms with van der Waals surface area (Å²) in [6.07, 6.45) is 13.8. The summed E-state index contributed by atoms with van der Waals surface area (Å²) in [6.45, 7) is 0. The predicted molar refractivity (Wildman–Crippen MR) is 105 cm³/mol. The zero-order valence-corrected chi connectivity index (χ0v) is 16.9. The molecule has 0 atom stereocenters. The van der Waals surface area contributed by atoms with Gasteiger partial charge in [-0.25, -0.2) is 14.2 Å². The summed E-state index contributed by atoms with van der Waals surface area (Å²) in [6, 6.07) is 0. The van der Waals surface area contributed by atoms with Crippen LogP contribution in [0.15, 0.2) is 11.1 Å². The topological polar surface area (TPSA) is 94.2 Å². The second kappa shape index (κ2) is 5.89. The van der Waals surface area contributed by atoms with E-state index < -0.39 is 0 Å². The first-order valence-corrected chi connectivity index (χ1v) is 11.1. The minimum Gasteiger partial charge on any atom is -0.345 e. The molecule has 29 heavy (non-hydrogen) atoms. The number of hydrogen-bond acceptors (Lipinski definition) is 5. The van der Waals surface area contributed by atoms with Crippen LogP contribution in [0.25, 0.3) is 5.65 Å². The van der Waals surface area contributed by atoms with E-state index in [0.29, 0.717) is 0 Å². The smallest absolute Gasteiger partial charge is 0.345 e. The summed E-state index contributed by atoms with van der Waals surface area (Å²) >= 11 is 0. The zero-order valence-electron chi connectivity index (χ0n) is 16.9. The number of nitrogens with zero attached hydrogens (tertiary/aromatic N) is 5. The van der Waals surface area contributed by atoms with Crippen molar-refractivity contribution in [2.24, 2.45) is 30.2 Å². The van der Waals surface area contributed by atoms with Crippen LogP contribution in [0.5, 0.6) is 0 Å². The summed E-state index contributed by atoms with van der Waals surface area (Å²) in [4.78, 5) is 29.9. The van der Waals surface area contributed by atoms with Crippen LogP contribution in [0.2, 0.25) is 0 Å². The van der Waals surface area contributed by atoms with Gasteiger partial charge in [-0.1, -0.05) is 18.1 Å². The molecule has 5 aliphatic rings. The first-order chi connectivity index (χ1) is 14.0. The van der Waals surface area contributed by atoms with E-state index >= 15 is 0 Å². The Morgan fingerprint density at radius 3 is 2.34 bits per heavy atom. The van der Waals surface area contributed by atoms with Gasteiger partial charge in [0.1, 0.15) is 6.33 Å². The highest BCUT2D eigenvalue weighted by Crippen LogP contribution is 2.66. The van der Waals surface area contributed by atoms with Gasteiger partial charge in [0.25, 0.3) is 5.91 Å². The molecule has 5 saturated carbocycles. The molecule has 0 spiro atoms. The number of carbonyl (C=O) groups is 1. The molecule has 2 aromatic rings. The number of imidazole rings is 1. The predicted octanol–water partition coefficient (Wildman–Crippen LogP) is 2.08. The highest BCUT2D eigenvalue weighted by molar-refractivity contribution is 5.98. The van der Waals surface area contributed by atoms with Crippen molar-refractivity contribution in [3.63, 3.8) is 0 Å². The molecular weight excluding hydrogens is 368 g/mol. The van der Waals surface area contributed by atoms with Crippen LogP contribution in [0.3, 0.4) is 0 Å². The number of rotatable bonds is 3. The summed E-state index contributed by atoms with van der Waals surface area (Å²) in [7, 11) is 1.54. The Labute approximate surface area is 169 Å². The standard InChI is InChI=1S/C21H28N6O2/c1-26-19(29)27-12-22-16(17(27)24-25-26)18(28)23-21(4-2-3-5-21)20-9-13-6-14(10-20)8-15(7-13)11-20/h12-15H,2-11H2,1H3,(H,23,28)/t13-,14-,15?,20?/m1/s1. The van der Waals surface area contributed by atoms with E-state index in [0.717, 1.165) is 35.3 Å². The molecule has 154 valence electrons. The van der Waals surface area contributed by atoms with E-state index in [4.69, 9.17) is 0 Å². The molecule has 2 heterocycles. The molecule has 0 aromatic carbocycles. The normalized spacial score (nSPS) is 34.7. The number of fused-ring (bicyclic) bond motifs is 1. The molecule has 4 bridgehead atoms. The van der Waals surface area contributed by atoms with Crippen LogP contribution in [0.1, 0.15) is 74.7 Å². The Kier molecular flexibility index (Phi) is 3.57. The van der Waals surface area contributed by atoms with Gasteiger partial charge < -0.3 is 5.32 Å². The van der Waals surface area contributed by atoms with Crippen LogP contribution in [0, 0.1) is 23.2 Å². The molecule has 5 fully saturated rings. The lowest BCUT2D eigenvalue weighted by atomic mass is 9.44. The molecule has 7 rings (SSSR count). The molecule has 8 heteroatoms. The molecular formula is C21H28N6O2. The molecule has 8 nitrogen and oxygen atoms in total. The number of aromatic nitrogens is 5. The zero-order chi connectivity index (χ0) is 19.8. The van der Waals surface area contributed by atoms with Crippen molar-refractivity contribution in [1.29, 1.82) is 0 Å². The highest BCUT2D eigenvalue weighted by Gasteiger charge is 2.61. The Hall–Kier alpha value is -2.25. The third-order valence-electron chi connectivity index (χ3n) is 8.58. The lowest BCUT2D eigenvalue weighted by Crippen LogP contribution is -2.64. The first kappa shape index (κ1) is 17.6. The fourth-order valence-electron chi connectivity index (χ4n) is 7.78. The molecule has 5 aliphatic carbocycles. The van der Waals surface area contributed by atoms with Crippen LogP contribution in [-0.2, 0) is 7.05 Å². The van der Waals surface area contributed by atoms with Crippen molar-refractivity contribution in [3.8, 4) is 0 Å². The number of hydrogen-bond donors (Lipinski definition) is 1. The van der Waals surface area contributed by atoms with Gasteiger partial charge in [-0.3, -0.25) is 4.79 Å². The minimum absolute atomic E-state index is 0.136. The maximum Gasteiger partial charge on any atom is 0.352 e. The Bertz CT molecular complexity index is 1010. The van der Waals surface area contributed by atoms with Crippen molar-refractivity contribution in [3.05, 3.63) is 22.5 Å². The molecule has 0 radical (unpaired) electrons. The first-order valence-electron chi connectivity index (χ1n) is 11.1. The van der Waals surface area contributed by atoms with Crippen LogP contribution < -0.4 is 11.0 Å². The van der Waals surface area contributed by atoms with Gasteiger partial charge in [-0.2, -0.15) is 4.68 Å². The van der Waals surface area contributed by atoms with E-state index in [1.54, 1.807) is 0 Å². The van der Waals surface area contributed by atoms with Crippen molar-refractivity contribution in [2.75, 3.05) is 0 Å². The molecule has 1 N–H and O–H groups in total. The fourth-order valence-corrected chi connectivity index (χ4v) is 7.78. The lowest BCUT2D eigenvalue weighted by Gasteiger charge is -2.63. The van der Waals surface area contributed by atoms with Crippen molar-refractivity contribution < 1.29 is 4.79 Å². The molecule has 0 aliphatic heterocycles. The van der Waals surface area contributed by atoms with Gasteiger partial charge >= 0.3 is 5.69 Å². The summed E-state index contributed by atoms with van der Waals surface area (Å²) in [5.74, 6) is 2.33. The van der Waals surface area contributed by atoms with Crippen molar-refractivity contribution >= 4 is 11.6 Å². The minimum atomic E-state index is -0.349. The summed E-state index contributed by atoms with van der Waals surface area (Å²) < 4.78 is 2.44. The largest absolute Gasteiger partial charge is 0.352 e. The second-order valence-corrected chi connectivity index (χ2v) is 10.2. The van der Waals surface area contributed by atoms with Gasteiger partial charge in [-0.15, -0.1) is 5.10 Å². The second-order valence-electron chi connectivity index (χ2n) is 10.2. The molecule has 1 amide bonds. The maximum atomic E-state index is 13.4. The summed E-state index contributed by atoms with van der Waals surface area (Å²) in [5.41, 5.74) is 0.211. The van der Waals surface area contributed by atoms with Gasteiger partial charge in [0.2, 0.25) is 0 Å². The maximum absolute atomic E-state index is 13.4. The average Bonchev–Trinajstić information content (AvgIpc) is 3.32. The number of aryl methyl sites for hydroxylation is 1. The summed E-state index contributed by atoms with van der Waals surface area (Å²) in [5, 5.41) is 11.4. The quantitative estimate of drug-likeness (QED) is 0.857. The SMILES string of the molecule is Cn1nnc2c(C(=O)NC3(C45CC6C[C@H](C4)C[C@H](C6)C5)CCCC3)ncn2c1=O. The van der Waals surface area contributed by atoms with Crippen LogP contribution in [0.4, 0.5) is 0 Å². The molecule has 0 saturated heterocycles. The Balaban J connectivity index is 1.37. The third kappa shape index (κ3) is 2.40. The lowest BCUT2D eigenvalue weighted by molar-refractivity contribution is -0.104. The Morgan fingerprint density at radius 1 is 1.10 bits per heavy atom. The number of carbonyl (C=O) groups excluding carboxylic acids is 1. The van der Waals surface area contributed by atoms with Crippen molar-refractivity contribution in [2.45, 2.75) is 69.7 Å². The van der Waals surface area contributed by atoms with Crippen molar-refractivity contribution in [1.82, 2.24) is 29.7 Å². The van der Waals surface area contributed by atoms with Crippen LogP contribution in [-0.4, -0.2) is 35.8 Å². The average molecular weight is 396 g/mol. The van der Waals surface area contributed by atoms with Gasteiger partial charge in [0.15, 0.2) is 11.3 Å². The fraction of sp³-hybridized carbons (Fsp3) is 0.762. The van der Waals surface area contributed by atoms with E-state index in [1.165, 1.54) is 69.1 Å². The van der Waals surface area contributed by atoms with Gasteiger partial charge in [0, 0.05) is 12.6 Å². The third-order valence-corrected chi connectivity index (χ3v) is 8.58. The van der Waals surface area contributed by atoms with E-state index in [2.05, 4.69) is 20.6 Å². The number of nitrogens with one attached hydrogen (secondary N) is 1. The van der Waals surface area contributed by atoms with Gasteiger partial charge in [0.05, 0.1) is 0 Å². The molecule has 0 unspecified atom stereocenters. The van der Waals surface area contributed by atoms with Gasteiger partial charge in [-0.05, 0) is 74.5 Å².